The summed E-state index contributed by atoms with van der Waals surface area (Å²) in [4.78, 5) is 12.0. The molecule has 82 valence electrons. The number of hydrogen-bond donors (Lipinski definition) is 0. The van der Waals surface area contributed by atoms with E-state index in [1.807, 2.05) is 11.8 Å². The fourth-order valence-electron chi connectivity index (χ4n) is 2.13. The molecule has 0 saturated carbocycles. The molecule has 2 unspecified atom stereocenters. The summed E-state index contributed by atoms with van der Waals surface area (Å²) < 4.78 is -0.0397. The summed E-state index contributed by atoms with van der Waals surface area (Å²) in [6.07, 6.45) is 5.48. The van der Waals surface area contributed by atoms with E-state index in [-0.39, 0.29) is 4.75 Å². The topological polar surface area (TPSA) is 17.1 Å². The predicted molar refractivity (Wildman–Crippen MR) is 63.8 cm³/mol. The van der Waals surface area contributed by atoms with Gasteiger partial charge >= 0.3 is 0 Å². The molecule has 0 aromatic heterocycles. The first-order valence-electron chi connectivity index (χ1n) is 5.75. The molecule has 0 bridgehead atoms. The van der Waals surface area contributed by atoms with Crippen LogP contribution < -0.4 is 0 Å². The lowest BCUT2D eigenvalue weighted by Crippen LogP contribution is -2.29. The summed E-state index contributed by atoms with van der Waals surface area (Å²) in [5.74, 6) is 2.23. The van der Waals surface area contributed by atoms with E-state index in [4.69, 9.17) is 0 Å². The minimum atomic E-state index is -0.0397. The lowest BCUT2D eigenvalue weighted by atomic mass is 9.91. The minimum Gasteiger partial charge on any atom is -0.298 e. The number of hydrogen-bond acceptors (Lipinski definition) is 2. The zero-order valence-electron chi connectivity index (χ0n) is 9.64. The SMILES string of the molecule is CCCC(C)CC(=O)C1(C)CCCS1. The molecular formula is C12H22OS. The van der Waals surface area contributed by atoms with Crippen LogP contribution >= 0.6 is 11.8 Å². The fraction of sp³-hybridized carbons (Fsp3) is 0.917. The number of carbonyl (C=O) groups is 1. The van der Waals surface area contributed by atoms with Crippen molar-refractivity contribution < 1.29 is 4.79 Å². The highest BCUT2D eigenvalue weighted by Crippen LogP contribution is 2.39. The van der Waals surface area contributed by atoms with Crippen molar-refractivity contribution in [3.63, 3.8) is 0 Å². The van der Waals surface area contributed by atoms with Gasteiger partial charge in [0.05, 0.1) is 4.75 Å². The zero-order valence-corrected chi connectivity index (χ0v) is 10.5. The van der Waals surface area contributed by atoms with Crippen molar-refractivity contribution in [3.8, 4) is 0 Å². The van der Waals surface area contributed by atoms with Crippen molar-refractivity contribution >= 4 is 17.5 Å². The second kappa shape index (κ2) is 5.20. The van der Waals surface area contributed by atoms with Gasteiger partial charge in [0.25, 0.3) is 0 Å². The summed E-state index contributed by atoms with van der Waals surface area (Å²) in [5, 5.41) is 0. The zero-order chi connectivity index (χ0) is 10.6. The van der Waals surface area contributed by atoms with Crippen LogP contribution in [0, 0.1) is 5.92 Å². The Bertz CT molecular complexity index is 194. The Kier molecular flexibility index (Phi) is 4.49. The third-order valence-corrected chi connectivity index (χ3v) is 4.69. The molecule has 0 N–H and O–H groups in total. The van der Waals surface area contributed by atoms with Gasteiger partial charge in [0.15, 0.2) is 0 Å². The largest absolute Gasteiger partial charge is 0.298 e. The van der Waals surface area contributed by atoms with Crippen LogP contribution in [-0.2, 0) is 4.79 Å². The summed E-state index contributed by atoms with van der Waals surface area (Å²) >= 11 is 1.86. The van der Waals surface area contributed by atoms with E-state index < -0.39 is 0 Å². The number of rotatable bonds is 5. The van der Waals surface area contributed by atoms with Crippen LogP contribution in [0.3, 0.4) is 0 Å². The highest BCUT2D eigenvalue weighted by Gasteiger charge is 2.36. The van der Waals surface area contributed by atoms with Gasteiger partial charge in [-0.1, -0.05) is 26.7 Å². The lowest BCUT2D eigenvalue weighted by Gasteiger charge is -2.22. The molecule has 0 radical (unpaired) electrons. The Balaban J connectivity index is 2.40. The van der Waals surface area contributed by atoms with E-state index in [1.165, 1.54) is 25.0 Å². The highest BCUT2D eigenvalue weighted by atomic mass is 32.2. The quantitative estimate of drug-likeness (QED) is 0.694. The van der Waals surface area contributed by atoms with Crippen LogP contribution in [0.1, 0.15) is 52.9 Å². The summed E-state index contributed by atoms with van der Waals surface area (Å²) in [6.45, 7) is 6.52. The van der Waals surface area contributed by atoms with Crippen molar-refractivity contribution in [2.75, 3.05) is 5.75 Å². The second-order valence-corrected chi connectivity index (χ2v) is 6.30. The first-order valence-corrected chi connectivity index (χ1v) is 6.74. The molecule has 0 aromatic carbocycles. The van der Waals surface area contributed by atoms with Crippen molar-refractivity contribution in [1.82, 2.24) is 0 Å². The van der Waals surface area contributed by atoms with Gasteiger partial charge < -0.3 is 0 Å². The van der Waals surface area contributed by atoms with Crippen LogP contribution in [0.15, 0.2) is 0 Å². The maximum Gasteiger partial charge on any atom is 0.148 e. The predicted octanol–water partition coefficient (Wildman–Crippen LogP) is 3.67. The minimum absolute atomic E-state index is 0.0397. The van der Waals surface area contributed by atoms with Gasteiger partial charge in [-0.15, -0.1) is 11.8 Å². The normalized spacial score (nSPS) is 29.1. The molecule has 1 heterocycles. The third-order valence-electron chi connectivity index (χ3n) is 3.12. The van der Waals surface area contributed by atoms with E-state index in [2.05, 4.69) is 20.8 Å². The van der Waals surface area contributed by atoms with E-state index in [1.54, 1.807) is 0 Å². The van der Waals surface area contributed by atoms with Gasteiger partial charge in [-0.3, -0.25) is 4.79 Å². The van der Waals surface area contributed by atoms with Crippen molar-refractivity contribution in [1.29, 1.82) is 0 Å². The molecule has 14 heavy (non-hydrogen) atoms. The molecule has 1 rings (SSSR count). The molecule has 0 aliphatic carbocycles. The first kappa shape index (κ1) is 12.1. The van der Waals surface area contributed by atoms with Crippen molar-refractivity contribution in [3.05, 3.63) is 0 Å². The number of ketones is 1. The van der Waals surface area contributed by atoms with Gasteiger partial charge in [-0.05, 0) is 31.4 Å². The Hall–Kier alpha value is 0.0200. The smallest absolute Gasteiger partial charge is 0.148 e. The van der Waals surface area contributed by atoms with Crippen LogP contribution in [0.4, 0.5) is 0 Å². The maximum atomic E-state index is 12.0. The van der Waals surface area contributed by atoms with E-state index in [9.17, 15) is 4.79 Å². The molecule has 1 aliphatic rings. The Morgan fingerprint density at radius 2 is 2.29 bits per heavy atom. The van der Waals surface area contributed by atoms with E-state index >= 15 is 0 Å². The molecular weight excluding hydrogens is 192 g/mol. The van der Waals surface area contributed by atoms with Gasteiger partial charge in [0.1, 0.15) is 5.78 Å². The number of thioether (sulfide) groups is 1. The van der Waals surface area contributed by atoms with Gasteiger partial charge in [-0.2, -0.15) is 0 Å². The van der Waals surface area contributed by atoms with Crippen LogP contribution in [0.2, 0.25) is 0 Å². The molecule has 1 fully saturated rings. The molecule has 0 spiro atoms. The van der Waals surface area contributed by atoms with Crippen molar-refractivity contribution in [2.24, 2.45) is 5.92 Å². The number of Topliss-reactive ketones (excluding diaryl/α,β-unsaturated/α-hetero) is 1. The highest BCUT2D eigenvalue weighted by molar-refractivity contribution is 8.01. The number of carbonyl (C=O) groups excluding carboxylic acids is 1. The molecule has 0 aromatic rings. The fourth-order valence-corrected chi connectivity index (χ4v) is 3.40. The second-order valence-electron chi connectivity index (χ2n) is 4.70. The average molecular weight is 214 g/mol. The van der Waals surface area contributed by atoms with Gasteiger partial charge in [-0.25, -0.2) is 0 Å². The van der Waals surface area contributed by atoms with Gasteiger partial charge in [0, 0.05) is 6.42 Å². The van der Waals surface area contributed by atoms with Crippen molar-refractivity contribution in [2.45, 2.75) is 57.6 Å². The maximum absolute atomic E-state index is 12.0. The first-order chi connectivity index (χ1) is 6.58. The van der Waals surface area contributed by atoms with Crippen LogP contribution in [0.25, 0.3) is 0 Å². The Morgan fingerprint density at radius 3 is 2.79 bits per heavy atom. The molecule has 1 saturated heterocycles. The third kappa shape index (κ3) is 3.01. The lowest BCUT2D eigenvalue weighted by molar-refractivity contribution is -0.121. The molecule has 2 heteroatoms. The van der Waals surface area contributed by atoms with E-state index in [0.717, 1.165) is 12.8 Å². The van der Waals surface area contributed by atoms with Gasteiger partial charge in [0.2, 0.25) is 0 Å². The average Bonchev–Trinajstić information content (AvgIpc) is 2.54. The summed E-state index contributed by atoms with van der Waals surface area (Å²) in [6, 6.07) is 0. The van der Waals surface area contributed by atoms with E-state index in [0.29, 0.717) is 11.7 Å². The molecule has 0 amide bonds. The molecule has 1 nitrogen and oxygen atoms in total. The molecule has 2 atom stereocenters. The Labute approximate surface area is 92.0 Å². The molecule has 1 aliphatic heterocycles. The van der Waals surface area contributed by atoms with Crippen LogP contribution in [-0.4, -0.2) is 16.3 Å². The monoisotopic (exact) mass is 214 g/mol. The standard InChI is InChI=1S/C12H22OS/c1-4-6-10(2)9-11(13)12(3)7-5-8-14-12/h10H,4-9H2,1-3H3. The summed E-state index contributed by atoms with van der Waals surface area (Å²) in [7, 11) is 0. The van der Waals surface area contributed by atoms with Crippen LogP contribution in [0.5, 0.6) is 0 Å². The summed E-state index contributed by atoms with van der Waals surface area (Å²) in [5.41, 5.74) is 0. The Morgan fingerprint density at radius 1 is 1.57 bits per heavy atom.